The molecule has 1 fully saturated rings. The van der Waals surface area contributed by atoms with Gasteiger partial charge in [-0.05, 0) is 60.9 Å². The van der Waals surface area contributed by atoms with Crippen molar-refractivity contribution in [2.24, 2.45) is 0 Å². The van der Waals surface area contributed by atoms with Crippen LogP contribution in [0.4, 0.5) is 11.6 Å². The Hall–Kier alpha value is -4.03. The van der Waals surface area contributed by atoms with Crippen molar-refractivity contribution in [3.8, 4) is 11.4 Å². The van der Waals surface area contributed by atoms with Gasteiger partial charge in [-0.25, -0.2) is 9.97 Å². The molecule has 212 valence electrons. The molecule has 0 radical (unpaired) electrons. The van der Waals surface area contributed by atoms with Crippen molar-refractivity contribution in [1.82, 2.24) is 30.4 Å². The van der Waals surface area contributed by atoms with E-state index in [1.165, 1.54) is 0 Å². The van der Waals surface area contributed by atoms with Crippen LogP contribution in [0.2, 0.25) is 0 Å². The number of H-pyrrole nitrogens is 1. The molecule has 12 heteroatoms. The van der Waals surface area contributed by atoms with Crippen LogP contribution < -0.4 is 16.4 Å². The molecular weight excluding hydrogens is 512 g/mol. The number of aliphatic hydroxyl groups excluding tert-OH is 2. The van der Waals surface area contributed by atoms with Gasteiger partial charge in [-0.15, -0.1) is 0 Å². The van der Waals surface area contributed by atoms with E-state index in [1.807, 2.05) is 0 Å². The Morgan fingerprint density at radius 3 is 2.62 bits per heavy atom. The third-order valence-electron chi connectivity index (χ3n) is 7.63. The number of amides is 2. The number of aromatic nitrogens is 4. The summed E-state index contributed by atoms with van der Waals surface area (Å²) in [6.45, 7) is 5.29. The maximum absolute atomic E-state index is 13.1. The summed E-state index contributed by atoms with van der Waals surface area (Å²) in [6, 6.07) is 7.05. The molecule has 0 spiro atoms. The molecule has 1 saturated heterocycles. The molecule has 12 nitrogen and oxygen atoms in total. The Bertz CT molecular complexity index is 1380. The largest absolute Gasteiger partial charge is 0.396 e. The molecule has 1 unspecified atom stereocenters. The highest BCUT2D eigenvalue weighted by molar-refractivity contribution is 5.94. The van der Waals surface area contributed by atoms with Crippen molar-refractivity contribution in [1.29, 1.82) is 0 Å². The van der Waals surface area contributed by atoms with E-state index in [-0.39, 0.29) is 35.8 Å². The maximum Gasteiger partial charge on any atom is 0.253 e. The number of rotatable bonds is 8. The van der Waals surface area contributed by atoms with Crippen molar-refractivity contribution in [3.63, 3.8) is 0 Å². The van der Waals surface area contributed by atoms with Gasteiger partial charge in [-0.2, -0.15) is 5.10 Å². The van der Waals surface area contributed by atoms with Gasteiger partial charge in [0.05, 0.1) is 11.4 Å². The second-order valence-electron chi connectivity index (χ2n) is 11.1. The summed E-state index contributed by atoms with van der Waals surface area (Å²) in [6.07, 6.45) is 3.49. The zero-order valence-electron chi connectivity index (χ0n) is 22.8. The van der Waals surface area contributed by atoms with Crippen LogP contribution in [-0.4, -0.2) is 72.8 Å². The first kappa shape index (κ1) is 27.5. The number of aromatic amines is 1. The number of hydrogen-bond acceptors (Lipinski definition) is 9. The first-order valence-corrected chi connectivity index (χ1v) is 13.6. The van der Waals surface area contributed by atoms with E-state index in [4.69, 9.17) is 10.8 Å². The zero-order valence-corrected chi connectivity index (χ0v) is 22.8. The number of carbonyl (C=O) groups is 2. The van der Waals surface area contributed by atoms with Crippen LogP contribution in [0.15, 0.2) is 30.5 Å². The van der Waals surface area contributed by atoms with Crippen LogP contribution in [-0.2, 0) is 16.6 Å². The highest BCUT2D eigenvalue weighted by Crippen LogP contribution is 2.44. The Labute approximate surface area is 232 Å². The molecule has 40 heavy (non-hydrogen) atoms. The van der Waals surface area contributed by atoms with E-state index < -0.39 is 6.23 Å². The van der Waals surface area contributed by atoms with E-state index in [9.17, 15) is 14.7 Å². The molecule has 1 atom stereocenters. The second-order valence-corrected chi connectivity index (χ2v) is 11.1. The van der Waals surface area contributed by atoms with E-state index in [1.54, 1.807) is 35.4 Å². The lowest BCUT2D eigenvalue weighted by molar-refractivity contribution is -0.122. The van der Waals surface area contributed by atoms with Gasteiger partial charge >= 0.3 is 0 Å². The third-order valence-corrected chi connectivity index (χ3v) is 7.63. The van der Waals surface area contributed by atoms with Crippen LogP contribution >= 0.6 is 0 Å². The molecular formula is C28H36N8O4. The van der Waals surface area contributed by atoms with E-state index in [0.717, 1.165) is 11.1 Å². The summed E-state index contributed by atoms with van der Waals surface area (Å²) in [5, 5.41) is 33.5. The van der Waals surface area contributed by atoms with Crippen LogP contribution in [0, 0.1) is 0 Å². The summed E-state index contributed by atoms with van der Waals surface area (Å²) in [7, 11) is 0. The summed E-state index contributed by atoms with van der Waals surface area (Å²) >= 11 is 0. The first-order chi connectivity index (χ1) is 19.2. The minimum absolute atomic E-state index is 0.00227. The molecule has 3 aromatic rings. The molecule has 0 saturated carbocycles. The number of fused-ring (bicyclic) bond motifs is 3. The molecule has 1 aliphatic heterocycles. The van der Waals surface area contributed by atoms with Crippen LogP contribution in [0.5, 0.6) is 0 Å². The Morgan fingerprint density at radius 2 is 1.93 bits per heavy atom. The summed E-state index contributed by atoms with van der Waals surface area (Å²) < 4.78 is 0. The monoisotopic (exact) mass is 548 g/mol. The number of piperidine rings is 1. The predicted molar refractivity (Wildman–Crippen MR) is 149 cm³/mol. The van der Waals surface area contributed by atoms with Crippen LogP contribution in [0.1, 0.15) is 72.9 Å². The van der Waals surface area contributed by atoms with Crippen molar-refractivity contribution >= 4 is 23.5 Å². The maximum atomic E-state index is 13.1. The van der Waals surface area contributed by atoms with E-state index >= 15 is 0 Å². The number of benzene rings is 1. The highest BCUT2D eigenvalue weighted by Gasteiger charge is 2.38. The van der Waals surface area contributed by atoms with Gasteiger partial charge < -0.3 is 31.5 Å². The minimum atomic E-state index is -1.07. The zero-order chi connectivity index (χ0) is 28.4. The topological polar surface area (TPSA) is 182 Å². The summed E-state index contributed by atoms with van der Waals surface area (Å²) in [4.78, 5) is 35.3. The fourth-order valence-electron chi connectivity index (χ4n) is 5.62. The number of nitrogens with zero attached hydrogens (tertiary/aromatic N) is 4. The lowest BCUT2D eigenvalue weighted by atomic mass is 9.73. The average Bonchev–Trinajstić information content (AvgIpc) is 3.40. The Balaban J connectivity index is 1.22. The summed E-state index contributed by atoms with van der Waals surface area (Å²) in [5.41, 5.74) is 10.4. The highest BCUT2D eigenvalue weighted by atomic mass is 16.3. The van der Waals surface area contributed by atoms with Crippen LogP contribution in [0.25, 0.3) is 11.4 Å². The van der Waals surface area contributed by atoms with Crippen molar-refractivity contribution < 1.29 is 19.8 Å². The Kier molecular flexibility index (Phi) is 7.72. The van der Waals surface area contributed by atoms with Crippen molar-refractivity contribution in [3.05, 3.63) is 52.8 Å². The quantitative estimate of drug-likeness (QED) is 0.229. The Morgan fingerprint density at radius 1 is 1.20 bits per heavy atom. The van der Waals surface area contributed by atoms with Crippen molar-refractivity contribution in [2.75, 3.05) is 30.7 Å². The molecule has 2 aromatic heterocycles. The third kappa shape index (κ3) is 5.63. The molecule has 1 aliphatic carbocycles. The molecule has 1 aromatic carbocycles. The number of anilines is 2. The normalized spacial score (nSPS) is 17.1. The number of likely N-dealkylation sites (tertiary alicyclic amines) is 1. The number of carbonyl (C=O) groups excluding carboxylic acids is 2. The van der Waals surface area contributed by atoms with Gasteiger partial charge in [0, 0.05) is 55.2 Å². The van der Waals surface area contributed by atoms with Gasteiger partial charge in [0.15, 0.2) is 6.23 Å². The van der Waals surface area contributed by atoms with Crippen molar-refractivity contribution in [2.45, 2.75) is 63.6 Å². The number of nitrogens with one attached hydrogen (secondary N) is 3. The van der Waals surface area contributed by atoms with Gasteiger partial charge in [-0.1, -0.05) is 13.8 Å². The van der Waals surface area contributed by atoms with Crippen LogP contribution in [0.3, 0.4) is 0 Å². The van der Waals surface area contributed by atoms with Gasteiger partial charge in [0.2, 0.25) is 11.9 Å². The fourth-order valence-corrected chi connectivity index (χ4v) is 5.62. The smallest absolute Gasteiger partial charge is 0.253 e. The lowest BCUT2D eigenvalue weighted by Gasteiger charge is -2.32. The lowest BCUT2D eigenvalue weighted by Crippen LogP contribution is -2.46. The molecule has 3 heterocycles. The number of nitrogens with two attached hydrogens (primary N) is 1. The fraction of sp³-hybridized carbons (Fsp3) is 0.464. The first-order valence-electron chi connectivity index (χ1n) is 13.6. The number of aliphatic hydroxyl groups is 2. The van der Waals surface area contributed by atoms with Gasteiger partial charge in [0.25, 0.3) is 5.91 Å². The predicted octanol–water partition coefficient (Wildman–Crippen LogP) is 1.88. The SMILES string of the molecule is CC1(C)Cc2cnc(N)nc2-c2n[nH]c(C(O)Nc3ccc(C(=O)N4CCC(NC(=O)CCCO)CC4)cc3)c21. The molecule has 2 amide bonds. The summed E-state index contributed by atoms with van der Waals surface area (Å²) in [5.74, 6) is 0.0425. The molecule has 2 aliphatic rings. The minimum Gasteiger partial charge on any atom is -0.396 e. The molecule has 5 rings (SSSR count). The average molecular weight is 549 g/mol. The number of nitrogen functional groups attached to an aromatic ring is 1. The van der Waals surface area contributed by atoms with E-state index in [0.29, 0.717) is 73.5 Å². The standard InChI is InChI=1S/C28H36N8O4/c1-28(2)14-17-15-30-27(29)33-22(17)23-21(28)24(35-34-23)25(39)32-18-7-5-16(6-8-18)26(40)36-11-9-19(10-12-36)31-20(38)4-3-13-37/h5-8,15,19,25,32,37,39H,3-4,9-14H2,1-2H3,(H,31,38)(H,34,35)(H2,29,30,33). The van der Waals surface area contributed by atoms with Gasteiger partial charge in [-0.3, -0.25) is 14.7 Å². The molecule has 7 N–H and O–H groups in total. The van der Waals surface area contributed by atoms with Gasteiger partial charge in [0.1, 0.15) is 5.69 Å². The molecule has 0 bridgehead atoms. The van der Waals surface area contributed by atoms with E-state index in [2.05, 4.69) is 44.6 Å². The number of hydrogen-bond donors (Lipinski definition) is 6. The second kappa shape index (κ2) is 11.2.